The van der Waals surface area contributed by atoms with Crippen LogP contribution in [-0.4, -0.2) is 17.0 Å². The van der Waals surface area contributed by atoms with Crippen LogP contribution in [0.5, 0.6) is 0 Å². The van der Waals surface area contributed by atoms with Crippen LogP contribution in [0.1, 0.15) is 31.2 Å². The van der Waals surface area contributed by atoms with Gasteiger partial charge in [-0.25, -0.2) is 8.78 Å². The molecule has 2 N–H and O–H groups in total. The molecular formula is C15H17F2NO3. The first-order chi connectivity index (χ1) is 9.97. The van der Waals surface area contributed by atoms with E-state index in [1.54, 1.807) is 0 Å². The van der Waals surface area contributed by atoms with Gasteiger partial charge in [-0.3, -0.25) is 9.59 Å². The van der Waals surface area contributed by atoms with Gasteiger partial charge in [0, 0.05) is 24.1 Å². The lowest BCUT2D eigenvalue weighted by Gasteiger charge is -2.25. The Balaban J connectivity index is 1.84. The molecule has 1 aromatic carbocycles. The third-order valence-corrected chi connectivity index (χ3v) is 3.92. The average Bonchev–Trinajstić information content (AvgIpc) is 2.46. The van der Waals surface area contributed by atoms with Gasteiger partial charge in [0.15, 0.2) is 0 Å². The average molecular weight is 297 g/mol. The van der Waals surface area contributed by atoms with E-state index < -0.39 is 17.6 Å². The van der Waals surface area contributed by atoms with E-state index >= 15 is 0 Å². The van der Waals surface area contributed by atoms with Crippen molar-refractivity contribution < 1.29 is 23.5 Å². The summed E-state index contributed by atoms with van der Waals surface area (Å²) in [5.41, 5.74) is 0.226. The van der Waals surface area contributed by atoms with Gasteiger partial charge in [-0.05, 0) is 31.7 Å². The molecule has 4 nitrogen and oxygen atoms in total. The Morgan fingerprint density at radius 2 is 1.76 bits per heavy atom. The fraction of sp³-hybridized carbons (Fsp3) is 0.467. The standard InChI is InChI=1S/C15H17F2NO3/c16-12-6-5-11(13(17)7-12)8-18-14(19)9-1-3-10(4-2-9)15(20)21/h5-7,9-10H,1-4,8H2,(H,18,19)(H,20,21). The van der Waals surface area contributed by atoms with E-state index in [-0.39, 0.29) is 29.9 Å². The molecule has 2 rings (SSSR count). The monoisotopic (exact) mass is 297 g/mol. The molecule has 1 saturated carbocycles. The van der Waals surface area contributed by atoms with Crippen molar-refractivity contribution in [2.45, 2.75) is 32.2 Å². The van der Waals surface area contributed by atoms with Crippen LogP contribution in [0.3, 0.4) is 0 Å². The second kappa shape index (κ2) is 6.65. The highest BCUT2D eigenvalue weighted by molar-refractivity contribution is 5.79. The van der Waals surface area contributed by atoms with Crippen LogP contribution in [0, 0.1) is 23.5 Å². The van der Waals surface area contributed by atoms with Crippen molar-refractivity contribution in [1.82, 2.24) is 5.32 Å². The minimum absolute atomic E-state index is 0.00378. The smallest absolute Gasteiger partial charge is 0.306 e. The van der Waals surface area contributed by atoms with Crippen molar-refractivity contribution in [3.05, 3.63) is 35.4 Å². The highest BCUT2D eigenvalue weighted by Crippen LogP contribution is 2.29. The molecule has 1 fully saturated rings. The van der Waals surface area contributed by atoms with Gasteiger partial charge >= 0.3 is 5.97 Å². The summed E-state index contributed by atoms with van der Waals surface area (Å²) in [6.07, 6.45) is 2.01. The Hall–Kier alpha value is -1.98. The van der Waals surface area contributed by atoms with Crippen LogP contribution in [0.15, 0.2) is 18.2 Å². The van der Waals surface area contributed by atoms with Gasteiger partial charge in [0.25, 0.3) is 0 Å². The van der Waals surface area contributed by atoms with Gasteiger partial charge in [0.2, 0.25) is 5.91 Å². The summed E-state index contributed by atoms with van der Waals surface area (Å²) in [5, 5.41) is 11.5. The SMILES string of the molecule is O=C(O)C1CCC(C(=O)NCc2ccc(F)cc2F)CC1. The number of rotatable bonds is 4. The quantitative estimate of drug-likeness (QED) is 0.897. The van der Waals surface area contributed by atoms with E-state index in [1.165, 1.54) is 6.07 Å². The lowest BCUT2D eigenvalue weighted by atomic mass is 9.81. The molecule has 0 unspecified atom stereocenters. The minimum Gasteiger partial charge on any atom is -0.481 e. The number of carboxylic acid groups (broad SMARTS) is 1. The van der Waals surface area contributed by atoms with Gasteiger partial charge in [0.05, 0.1) is 5.92 Å². The first kappa shape index (κ1) is 15.4. The summed E-state index contributed by atoms with van der Waals surface area (Å²) in [6.45, 7) is 0.00378. The lowest BCUT2D eigenvalue weighted by Crippen LogP contribution is -2.34. The molecule has 6 heteroatoms. The molecule has 1 aliphatic rings. The Morgan fingerprint density at radius 3 is 2.33 bits per heavy atom. The summed E-state index contributed by atoms with van der Waals surface area (Å²) < 4.78 is 26.2. The van der Waals surface area contributed by atoms with Crippen molar-refractivity contribution in [3.63, 3.8) is 0 Å². The summed E-state index contributed by atoms with van der Waals surface area (Å²) >= 11 is 0. The van der Waals surface area contributed by atoms with E-state index in [2.05, 4.69) is 5.32 Å². The molecule has 0 heterocycles. The van der Waals surface area contributed by atoms with Gasteiger partial charge in [-0.2, -0.15) is 0 Å². The van der Waals surface area contributed by atoms with Crippen molar-refractivity contribution >= 4 is 11.9 Å². The van der Waals surface area contributed by atoms with Crippen molar-refractivity contribution in [2.24, 2.45) is 11.8 Å². The fourth-order valence-electron chi connectivity index (χ4n) is 2.59. The Morgan fingerprint density at radius 1 is 1.14 bits per heavy atom. The summed E-state index contributed by atoms with van der Waals surface area (Å²) in [5.74, 6) is -2.98. The van der Waals surface area contributed by atoms with Crippen molar-refractivity contribution in [2.75, 3.05) is 0 Å². The zero-order chi connectivity index (χ0) is 15.4. The predicted octanol–water partition coefficient (Wildman–Crippen LogP) is 2.47. The molecule has 21 heavy (non-hydrogen) atoms. The number of halogens is 2. The second-order valence-corrected chi connectivity index (χ2v) is 5.34. The number of nitrogens with one attached hydrogen (secondary N) is 1. The largest absolute Gasteiger partial charge is 0.481 e. The van der Waals surface area contributed by atoms with E-state index in [4.69, 9.17) is 5.11 Å². The normalized spacial score (nSPS) is 21.8. The molecule has 0 bridgehead atoms. The Bertz CT molecular complexity index is 540. The summed E-state index contributed by atoms with van der Waals surface area (Å²) in [6, 6.07) is 3.22. The summed E-state index contributed by atoms with van der Waals surface area (Å²) in [7, 11) is 0. The molecule has 0 aliphatic heterocycles. The third kappa shape index (κ3) is 4.00. The number of benzene rings is 1. The zero-order valence-corrected chi connectivity index (χ0v) is 11.4. The first-order valence-corrected chi connectivity index (χ1v) is 6.92. The van der Waals surface area contributed by atoms with Crippen LogP contribution >= 0.6 is 0 Å². The maximum absolute atomic E-state index is 13.4. The molecule has 114 valence electrons. The molecule has 0 atom stereocenters. The van der Waals surface area contributed by atoms with Crippen LogP contribution in [0.2, 0.25) is 0 Å². The van der Waals surface area contributed by atoms with Gasteiger partial charge < -0.3 is 10.4 Å². The molecule has 0 spiro atoms. The van der Waals surface area contributed by atoms with Crippen molar-refractivity contribution in [3.8, 4) is 0 Å². The predicted molar refractivity (Wildman–Crippen MR) is 71.3 cm³/mol. The van der Waals surface area contributed by atoms with Crippen LogP contribution in [0.4, 0.5) is 8.78 Å². The molecule has 1 aromatic rings. The molecule has 1 amide bonds. The van der Waals surface area contributed by atoms with Crippen molar-refractivity contribution in [1.29, 1.82) is 0 Å². The minimum atomic E-state index is -0.817. The highest BCUT2D eigenvalue weighted by Gasteiger charge is 2.29. The van der Waals surface area contributed by atoms with Gasteiger partial charge in [0.1, 0.15) is 11.6 Å². The lowest BCUT2D eigenvalue weighted by molar-refractivity contribution is -0.144. The van der Waals surface area contributed by atoms with Crippen LogP contribution in [0.25, 0.3) is 0 Å². The molecule has 0 radical (unpaired) electrons. The number of aliphatic carboxylic acids is 1. The number of carboxylic acids is 1. The summed E-state index contributed by atoms with van der Waals surface area (Å²) in [4.78, 5) is 22.8. The first-order valence-electron chi connectivity index (χ1n) is 6.92. The number of carbonyl (C=O) groups excluding carboxylic acids is 1. The highest BCUT2D eigenvalue weighted by atomic mass is 19.1. The van der Waals surface area contributed by atoms with Crippen LogP contribution < -0.4 is 5.32 Å². The van der Waals surface area contributed by atoms with Gasteiger partial charge in [-0.1, -0.05) is 6.07 Å². The molecule has 0 aromatic heterocycles. The van der Waals surface area contributed by atoms with Crippen LogP contribution in [-0.2, 0) is 16.1 Å². The molecule has 1 aliphatic carbocycles. The molecular weight excluding hydrogens is 280 g/mol. The Labute approximate surface area is 121 Å². The number of carbonyl (C=O) groups is 2. The topological polar surface area (TPSA) is 66.4 Å². The zero-order valence-electron chi connectivity index (χ0n) is 11.4. The maximum Gasteiger partial charge on any atom is 0.306 e. The van der Waals surface area contributed by atoms with E-state index in [0.717, 1.165) is 12.1 Å². The fourth-order valence-corrected chi connectivity index (χ4v) is 2.59. The number of hydrogen-bond donors (Lipinski definition) is 2. The molecule has 0 saturated heterocycles. The number of hydrogen-bond acceptors (Lipinski definition) is 2. The van der Waals surface area contributed by atoms with Gasteiger partial charge in [-0.15, -0.1) is 0 Å². The number of amides is 1. The van der Waals surface area contributed by atoms with E-state index in [1.807, 2.05) is 0 Å². The maximum atomic E-state index is 13.4. The van der Waals surface area contributed by atoms with E-state index in [0.29, 0.717) is 25.7 Å². The second-order valence-electron chi connectivity index (χ2n) is 5.34. The van der Waals surface area contributed by atoms with E-state index in [9.17, 15) is 18.4 Å². The third-order valence-electron chi connectivity index (χ3n) is 3.92. The Kier molecular flexibility index (Phi) is 4.88.